The van der Waals surface area contributed by atoms with E-state index in [0.717, 1.165) is 11.3 Å². The van der Waals surface area contributed by atoms with E-state index in [1.807, 2.05) is 0 Å². The van der Waals surface area contributed by atoms with Gasteiger partial charge in [-0.1, -0.05) is 17.7 Å². The summed E-state index contributed by atoms with van der Waals surface area (Å²) in [5.74, 6) is 0.815. The third-order valence-corrected chi connectivity index (χ3v) is 3.26. The highest BCUT2D eigenvalue weighted by molar-refractivity contribution is 6.30. The van der Waals surface area contributed by atoms with Crippen molar-refractivity contribution in [1.82, 2.24) is 10.3 Å². The lowest BCUT2D eigenvalue weighted by atomic mass is 10.2. The molecule has 0 saturated carbocycles. The average molecular weight is 311 g/mol. The van der Waals surface area contributed by atoms with Gasteiger partial charge < -0.3 is 14.8 Å². The second-order valence-corrected chi connectivity index (χ2v) is 4.75. The summed E-state index contributed by atoms with van der Waals surface area (Å²) in [6.07, 6.45) is 1.66. The molecule has 21 heavy (non-hydrogen) atoms. The molecule has 0 radical (unpaired) electrons. The smallest absolute Gasteiger partial charge is 0.183 e. The number of methoxy groups -OCH3 is 2. The van der Waals surface area contributed by atoms with Gasteiger partial charge in [-0.3, -0.25) is 4.98 Å². The van der Waals surface area contributed by atoms with Crippen molar-refractivity contribution in [1.29, 1.82) is 0 Å². The van der Waals surface area contributed by atoms with Crippen molar-refractivity contribution in [2.75, 3.05) is 14.2 Å². The van der Waals surface area contributed by atoms with E-state index < -0.39 is 5.82 Å². The lowest BCUT2D eigenvalue weighted by Gasteiger charge is -2.12. The van der Waals surface area contributed by atoms with Crippen LogP contribution in [0.2, 0.25) is 5.02 Å². The summed E-state index contributed by atoms with van der Waals surface area (Å²) in [6, 6.07) is 6.37. The number of nitrogens with one attached hydrogen (secondary N) is 1. The summed E-state index contributed by atoms with van der Waals surface area (Å²) in [4.78, 5) is 4.27. The van der Waals surface area contributed by atoms with E-state index in [1.54, 1.807) is 38.6 Å². The molecule has 6 heteroatoms. The highest BCUT2D eigenvalue weighted by Crippen LogP contribution is 2.28. The number of pyridine rings is 1. The number of benzene rings is 1. The molecule has 2 rings (SSSR count). The van der Waals surface area contributed by atoms with Crippen molar-refractivity contribution in [3.05, 3.63) is 52.6 Å². The van der Waals surface area contributed by atoms with Gasteiger partial charge in [0.15, 0.2) is 11.5 Å². The van der Waals surface area contributed by atoms with E-state index in [1.165, 1.54) is 6.07 Å². The molecule has 0 atom stereocenters. The molecule has 1 N–H and O–H groups in total. The Morgan fingerprint density at radius 3 is 2.67 bits per heavy atom. The van der Waals surface area contributed by atoms with E-state index >= 15 is 0 Å². The van der Waals surface area contributed by atoms with E-state index in [4.69, 9.17) is 21.1 Å². The maximum absolute atomic E-state index is 13.1. The highest BCUT2D eigenvalue weighted by Gasteiger charge is 2.10. The lowest BCUT2D eigenvalue weighted by Crippen LogP contribution is -2.14. The zero-order chi connectivity index (χ0) is 15.2. The third kappa shape index (κ3) is 3.83. The summed E-state index contributed by atoms with van der Waals surface area (Å²) in [5.41, 5.74) is 1.63. The monoisotopic (exact) mass is 310 g/mol. The number of halogens is 2. The Labute approximate surface area is 127 Å². The molecule has 0 saturated heterocycles. The van der Waals surface area contributed by atoms with Gasteiger partial charge in [-0.25, -0.2) is 4.39 Å². The number of aromatic nitrogens is 1. The predicted molar refractivity (Wildman–Crippen MR) is 79.3 cm³/mol. The van der Waals surface area contributed by atoms with Crippen LogP contribution in [0.4, 0.5) is 4.39 Å². The van der Waals surface area contributed by atoms with Crippen LogP contribution in [-0.4, -0.2) is 19.2 Å². The van der Waals surface area contributed by atoms with E-state index in [2.05, 4.69) is 10.3 Å². The van der Waals surface area contributed by atoms with Gasteiger partial charge in [0.05, 0.1) is 24.9 Å². The second-order valence-electron chi connectivity index (χ2n) is 4.35. The molecule has 1 aromatic heterocycles. The summed E-state index contributed by atoms with van der Waals surface area (Å²) in [5, 5.41) is 3.33. The normalized spacial score (nSPS) is 10.5. The van der Waals surface area contributed by atoms with Gasteiger partial charge in [0.1, 0.15) is 5.82 Å². The number of rotatable bonds is 6. The quantitative estimate of drug-likeness (QED) is 0.890. The third-order valence-electron chi connectivity index (χ3n) is 2.97. The molecule has 0 aliphatic heterocycles. The predicted octanol–water partition coefficient (Wildman–Crippen LogP) is 3.18. The fraction of sp³-hybridized carbons (Fsp3) is 0.267. The van der Waals surface area contributed by atoms with Crippen molar-refractivity contribution < 1.29 is 13.9 Å². The fourth-order valence-corrected chi connectivity index (χ4v) is 2.15. The first-order chi connectivity index (χ1) is 10.2. The Morgan fingerprint density at radius 2 is 2.00 bits per heavy atom. The molecule has 4 nitrogen and oxygen atoms in total. The van der Waals surface area contributed by atoms with Crippen LogP contribution in [-0.2, 0) is 13.1 Å². The van der Waals surface area contributed by atoms with Gasteiger partial charge >= 0.3 is 0 Å². The van der Waals surface area contributed by atoms with Crippen LogP contribution >= 0.6 is 11.6 Å². The highest BCUT2D eigenvalue weighted by atomic mass is 35.5. The van der Waals surface area contributed by atoms with Gasteiger partial charge in [0.25, 0.3) is 0 Å². The molecular weight excluding hydrogens is 295 g/mol. The molecule has 0 bridgehead atoms. The Balaban J connectivity index is 2.01. The van der Waals surface area contributed by atoms with Crippen LogP contribution in [0.25, 0.3) is 0 Å². The van der Waals surface area contributed by atoms with Crippen LogP contribution in [0.5, 0.6) is 11.5 Å². The van der Waals surface area contributed by atoms with Gasteiger partial charge in [0.2, 0.25) is 0 Å². The number of ether oxygens (including phenoxy) is 2. The largest absolute Gasteiger partial charge is 0.493 e. The van der Waals surface area contributed by atoms with Crippen molar-refractivity contribution >= 4 is 11.6 Å². The second kappa shape index (κ2) is 7.24. The molecule has 0 aliphatic carbocycles. The Kier molecular flexibility index (Phi) is 5.36. The first-order valence-corrected chi connectivity index (χ1v) is 6.74. The summed E-state index contributed by atoms with van der Waals surface area (Å²) in [6.45, 7) is 1.04. The molecule has 112 valence electrons. The summed E-state index contributed by atoms with van der Waals surface area (Å²) < 4.78 is 23.6. The fourth-order valence-electron chi connectivity index (χ4n) is 1.95. The van der Waals surface area contributed by atoms with Crippen LogP contribution in [0.1, 0.15) is 11.3 Å². The molecule has 0 amide bonds. The van der Waals surface area contributed by atoms with Crippen molar-refractivity contribution in [2.45, 2.75) is 13.1 Å². The van der Waals surface area contributed by atoms with Crippen LogP contribution in [0, 0.1) is 5.82 Å². The lowest BCUT2D eigenvalue weighted by molar-refractivity contribution is 0.348. The minimum Gasteiger partial charge on any atom is -0.493 e. The maximum Gasteiger partial charge on any atom is 0.183 e. The Hall–Kier alpha value is -1.85. The van der Waals surface area contributed by atoms with Gasteiger partial charge in [-0.2, -0.15) is 0 Å². The van der Waals surface area contributed by atoms with Crippen LogP contribution < -0.4 is 14.8 Å². The molecule has 1 heterocycles. The molecular formula is C15H16ClFN2O2. The first kappa shape index (κ1) is 15.5. The van der Waals surface area contributed by atoms with Crippen LogP contribution in [0.3, 0.4) is 0 Å². The molecule has 0 aliphatic rings. The Bertz CT molecular complexity index is 623. The molecule has 0 unspecified atom stereocenters. The van der Waals surface area contributed by atoms with E-state index in [-0.39, 0.29) is 5.02 Å². The zero-order valence-corrected chi connectivity index (χ0v) is 12.6. The van der Waals surface area contributed by atoms with Crippen molar-refractivity contribution in [3.63, 3.8) is 0 Å². The first-order valence-electron chi connectivity index (χ1n) is 6.36. The zero-order valence-electron chi connectivity index (χ0n) is 11.8. The minimum atomic E-state index is -0.420. The number of hydrogen-bond acceptors (Lipinski definition) is 4. The average Bonchev–Trinajstić information content (AvgIpc) is 2.50. The minimum absolute atomic E-state index is 0.117. The molecule has 2 aromatic rings. The van der Waals surface area contributed by atoms with Crippen LogP contribution in [0.15, 0.2) is 30.5 Å². The number of hydrogen-bond donors (Lipinski definition) is 1. The summed E-state index contributed by atoms with van der Waals surface area (Å²) in [7, 11) is 3.15. The molecule has 0 spiro atoms. The van der Waals surface area contributed by atoms with Gasteiger partial charge in [0, 0.05) is 25.4 Å². The standard InChI is InChI=1S/C15H16ClFN2O2/c1-20-14-5-6-19-13(15(14)21-2)9-18-8-10-3-4-12(17)11(16)7-10/h3-7,18H,8-9H2,1-2H3. The number of nitrogens with zero attached hydrogens (tertiary/aromatic N) is 1. The molecule has 1 aromatic carbocycles. The van der Waals surface area contributed by atoms with E-state index in [9.17, 15) is 4.39 Å². The Morgan fingerprint density at radius 1 is 1.19 bits per heavy atom. The summed E-state index contributed by atoms with van der Waals surface area (Å²) >= 11 is 5.75. The topological polar surface area (TPSA) is 43.4 Å². The maximum atomic E-state index is 13.1. The SMILES string of the molecule is COc1ccnc(CNCc2ccc(F)c(Cl)c2)c1OC. The van der Waals surface area contributed by atoms with Gasteiger partial charge in [-0.15, -0.1) is 0 Å². The van der Waals surface area contributed by atoms with Crippen molar-refractivity contribution in [2.24, 2.45) is 0 Å². The molecule has 0 fully saturated rings. The van der Waals surface area contributed by atoms with E-state index in [0.29, 0.717) is 24.6 Å². The van der Waals surface area contributed by atoms with Gasteiger partial charge in [-0.05, 0) is 17.7 Å². The van der Waals surface area contributed by atoms with Crippen molar-refractivity contribution in [3.8, 4) is 11.5 Å².